The number of benzene rings is 3. The summed E-state index contributed by atoms with van der Waals surface area (Å²) in [7, 11) is 0. The quantitative estimate of drug-likeness (QED) is 0.319. The molecule has 1 saturated carbocycles. The largest absolute Gasteiger partial charge is 0.451 e. The van der Waals surface area contributed by atoms with Crippen LogP contribution in [0, 0.1) is 0 Å². The Morgan fingerprint density at radius 1 is 0.824 bits per heavy atom. The van der Waals surface area contributed by atoms with Crippen molar-refractivity contribution in [2.75, 3.05) is 0 Å². The molecule has 0 radical (unpaired) electrons. The zero-order valence-electron chi connectivity index (χ0n) is 19.2. The molecule has 0 aromatic heterocycles. The van der Waals surface area contributed by atoms with E-state index in [0.717, 1.165) is 5.56 Å². The molecule has 3 atom stereocenters. The number of rotatable bonds is 8. The molecule has 0 heterocycles. The zero-order chi connectivity index (χ0) is 24.0. The van der Waals surface area contributed by atoms with Gasteiger partial charge in [0.2, 0.25) is 5.78 Å². The Kier molecular flexibility index (Phi) is 7.33. The normalized spacial score (nSPS) is 20.8. The second kappa shape index (κ2) is 10.6. The number of Topliss-reactive ketones (excluding diaryl/α,β-unsaturated/α-hetero) is 2. The Labute approximate surface area is 199 Å². The van der Waals surface area contributed by atoms with Crippen molar-refractivity contribution in [2.24, 2.45) is 0 Å². The van der Waals surface area contributed by atoms with Gasteiger partial charge in [-0.05, 0) is 24.8 Å². The van der Waals surface area contributed by atoms with Crippen LogP contribution in [0.15, 0.2) is 91.0 Å². The Balaban J connectivity index is 1.63. The van der Waals surface area contributed by atoms with E-state index in [0.29, 0.717) is 30.4 Å². The highest BCUT2D eigenvalue weighted by Gasteiger charge is 2.47. The predicted molar refractivity (Wildman–Crippen MR) is 129 cm³/mol. The summed E-state index contributed by atoms with van der Waals surface area (Å²) in [6.45, 7) is 1.32. The smallest absolute Gasteiger partial charge is 0.303 e. The van der Waals surface area contributed by atoms with E-state index in [4.69, 9.17) is 9.47 Å². The SMILES string of the molecule is CC(=O)OC1(C(=O)c2ccccc2)CCCC(OC(C(=O)c2ccccc2)c2ccccc2)C1. The summed E-state index contributed by atoms with van der Waals surface area (Å²) in [5.74, 6) is -0.892. The van der Waals surface area contributed by atoms with Crippen LogP contribution in [0.5, 0.6) is 0 Å². The lowest BCUT2D eigenvalue weighted by Crippen LogP contribution is -2.49. The van der Waals surface area contributed by atoms with Gasteiger partial charge in [0.05, 0.1) is 6.10 Å². The van der Waals surface area contributed by atoms with Crippen molar-refractivity contribution in [3.63, 3.8) is 0 Å². The summed E-state index contributed by atoms with van der Waals surface area (Å²) >= 11 is 0. The Hall–Kier alpha value is -3.57. The number of carbonyl (C=O) groups excluding carboxylic acids is 3. The van der Waals surface area contributed by atoms with Crippen molar-refractivity contribution in [1.29, 1.82) is 0 Å². The predicted octanol–water partition coefficient (Wildman–Crippen LogP) is 5.75. The van der Waals surface area contributed by atoms with Gasteiger partial charge in [0.25, 0.3) is 0 Å². The first-order chi connectivity index (χ1) is 16.5. The van der Waals surface area contributed by atoms with Crippen molar-refractivity contribution in [3.05, 3.63) is 108 Å². The molecule has 1 fully saturated rings. The van der Waals surface area contributed by atoms with Crippen LogP contribution in [0.25, 0.3) is 0 Å². The van der Waals surface area contributed by atoms with E-state index in [1.165, 1.54) is 6.92 Å². The van der Waals surface area contributed by atoms with Gasteiger partial charge in [-0.2, -0.15) is 0 Å². The van der Waals surface area contributed by atoms with Crippen LogP contribution in [0.4, 0.5) is 0 Å². The van der Waals surface area contributed by atoms with E-state index in [9.17, 15) is 14.4 Å². The van der Waals surface area contributed by atoms with E-state index in [-0.39, 0.29) is 18.0 Å². The molecule has 0 aliphatic heterocycles. The molecule has 4 rings (SSSR count). The first kappa shape index (κ1) is 23.6. The molecule has 3 unspecified atom stereocenters. The summed E-state index contributed by atoms with van der Waals surface area (Å²) in [5.41, 5.74) is 0.477. The Bertz CT molecular complexity index is 1130. The highest BCUT2D eigenvalue weighted by atomic mass is 16.6. The third-order valence-electron chi connectivity index (χ3n) is 6.18. The number of ether oxygens (including phenoxy) is 2. The summed E-state index contributed by atoms with van der Waals surface area (Å²) in [6, 6.07) is 27.2. The second-order valence-electron chi connectivity index (χ2n) is 8.66. The van der Waals surface area contributed by atoms with Gasteiger partial charge in [0, 0.05) is 24.5 Å². The number of hydrogen-bond acceptors (Lipinski definition) is 5. The fraction of sp³-hybridized carbons (Fsp3) is 0.276. The molecule has 5 nitrogen and oxygen atoms in total. The van der Waals surface area contributed by atoms with Crippen molar-refractivity contribution in [3.8, 4) is 0 Å². The maximum atomic E-state index is 13.5. The summed E-state index contributed by atoms with van der Waals surface area (Å²) < 4.78 is 12.1. The molecular formula is C29H28O5. The van der Waals surface area contributed by atoms with Gasteiger partial charge in [-0.25, -0.2) is 0 Å². The highest BCUT2D eigenvalue weighted by molar-refractivity contribution is 6.03. The summed E-state index contributed by atoms with van der Waals surface area (Å²) in [4.78, 5) is 39.0. The molecule has 0 amide bonds. The van der Waals surface area contributed by atoms with Gasteiger partial charge < -0.3 is 9.47 Å². The van der Waals surface area contributed by atoms with E-state index < -0.39 is 23.8 Å². The number of ketones is 2. The maximum Gasteiger partial charge on any atom is 0.303 e. The molecule has 34 heavy (non-hydrogen) atoms. The van der Waals surface area contributed by atoms with Gasteiger partial charge >= 0.3 is 5.97 Å². The van der Waals surface area contributed by atoms with Crippen molar-refractivity contribution >= 4 is 17.5 Å². The van der Waals surface area contributed by atoms with E-state index in [2.05, 4.69) is 0 Å². The van der Waals surface area contributed by atoms with Crippen molar-refractivity contribution < 1.29 is 23.9 Å². The molecule has 5 heteroatoms. The fourth-order valence-electron chi connectivity index (χ4n) is 4.64. The molecule has 174 valence electrons. The lowest BCUT2D eigenvalue weighted by molar-refractivity contribution is -0.160. The number of carbonyl (C=O) groups is 3. The molecule has 0 spiro atoms. The minimum Gasteiger partial charge on any atom is -0.451 e. The van der Waals surface area contributed by atoms with E-state index in [1.54, 1.807) is 36.4 Å². The summed E-state index contributed by atoms with van der Waals surface area (Å²) in [6.07, 6.45) is 0.662. The maximum absolute atomic E-state index is 13.5. The third-order valence-corrected chi connectivity index (χ3v) is 6.18. The minimum atomic E-state index is -1.31. The van der Waals surface area contributed by atoms with Crippen LogP contribution < -0.4 is 0 Å². The second-order valence-corrected chi connectivity index (χ2v) is 8.66. The number of esters is 1. The van der Waals surface area contributed by atoms with Crippen LogP contribution >= 0.6 is 0 Å². The van der Waals surface area contributed by atoms with Gasteiger partial charge in [0.15, 0.2) is 11.4 Å². The lowest BCUT2D eigenvalue weighted by atomic mass is 9.77. The van der Waals surface area contributed by atoms with Crippen LogP contribution in [-0.4, -0.2) is 29.2 Å². The standard InChI is InChI=1S/C29H28O5/c1-21(30)34-29(28(32)24-16-9-4-10-17-24)19-11-18-25(20-29)33-27(23-14-7-3-8-15-23)26(31)22-12-5-2-6-13-22/h2-10,12-17,25,27H,11,18-20H2,1H3. The highest BCUT2D eigenvalue weighted by Crippen LogP contribution is 2.38. The molecule has 0 bridgehead atoms. The minimum absolute atomic E-state index is 0.148. The first-order valence-corrected chi connectivity index (χ1v) is 11.6. The first-order valence-electron chi connectivity index (χ1n) is 11.6. The van der Waals surface area contributed by atoms with E-state index >= 15 is 0 Å². The van der Waals surface area contributed by atoms with Crippen LogP contribution in [0.3, 0.4) is 0 Å². The van der Waals surface area contributed by atoms with Crippen LogP contribution in [-0.2, 0) is 14.3 Å². The number of hydrogen-bond donors (Lipinski definition) is 0. The molecule has 3 aromatic rings. The summed E-state index contributed by atoms with van der Waals surface area (Å²) in [5, 5.41) is 0. The zero-order valence-corrected chi connectivity index (χ0v) is 19.2. The molecule has 1 aliphatic carbocycles. The average molecular weight is 457 g/mol. The third kappa shape index (κ3) is 5.32. The Morgan fingerprint density at radius 2 is 1.38 bits per heavy atom. The monoisotopic (exact) mass is 456 g/mol. The van der Waals surface area contributed by atoms with Crippen LogP contribution in [0.1, 0.15) is 65.0 Å². The van der Waals surface area contributed by atoms with Gasteiger partial charge in [-0.1, -0.05) is 91.0 Å². The van der Waals surface area contributed by atoms with Gasteiger partial charge in [-0.15, -0.1) is 0 Å². The molecular weight excluding hydrogens is 428 g/mol. The fourth-order valence-corrected chi connectivity index (χ4v) is 4.64. The van der Waals surface area contributed by atoms with Crippen LogP contribution in [0.2, 0.25) is 0 Å². The average Bonchev–Trinajstić information content (AvgIpc) is 2.88. The topological polar surface area (TPSA) is 69.7 Å². The lowest BCUT2D eigenvalue weighted by Gasteiger charge is -2.39. The molecule has 0 saturated heterocycles. The molecule has 1 aliphatic rings. The van der Waals surface area contributed by atoms with Crippen molar-refractivity contribution in [2.45, 2.75) is 50.4 Å². The van der Waals surface area contributed by atoms with E-state index in [1.807, 2.05) is 54.6 Å². The van der Waals surface area contributed by atoms with Gasteiger partial charge in [0.1, 0.15) is 6.10 Å². The molecule has 0 N–H and O–H groups in total. The molecule has 3 aromatic carbocycles. The van der Waals surface area contributed by atoms with Gasteiger partial charge in [-0.3, -0.25) is 14.4 Å². The Morgan fingerprint density at radius 3 is 1.97 bits per heavy atom. The van der Waals surface area contributed by atoms with Crippen molar-refractivity contribution in [1.82, 2.24) is 0 Å².